The van der Waals surface area contributed by atoms with E-state index in [-0.39, 0.29) is 5.75 Å². The molecule has 0 unspecified atom stereocenters. The molecule has 0 aliphatic carbocycles. The number of hydrogen-bond donors (Lipinski definition) is 1. The van der Waals surface area contributed by atoms with Gasteiger partial charge in [-0.25, -0.2) is 8.42 Å². The van der Waals surface area contributed by atoms with Crippen molar-refractivity contribution >= 4 is 15.7 Å². The van der Waals surface area contributed by atoms with Crippen LogP contribution in [0.4, 0.5) is 5.69 Å². The maximum atomic E-state index is 11.5. The molecule has 5 heteroatoms. The van der Waals surface area contributed by atoms with Crippen molar-refractivity contribution in [1.82, 2.24) is 0 Å². The number of anilines is 1. The van der Waals surface area contributed by atoms with Crippen molar-refractivity contribution in [3.63, 3.8) is 0 Å². The maximum absolute atomic E-state index is 11.5. The van der Waals surface area contributed by atoms with Gasteiger partial charge in [0.05, 0.1) is 18.0 Å². The second-order valence-corrected chi connectivity index (χ2v) is 6.22. The number of ether oxygens (including phenoxy) is 1. The molecule has 0 atom stereocenters. The Kier molecular flexibility index (Phi) is 4.81. The minimum Gasteiger partial charge on any atom is -0.491 e. The molecular weight excluding hydrogens is 238 g/mol. The van der Waals surface area contributed by atoms with Crippen LogP contribution in [-0.2, 0) is 10.0 Å². The van der Waals surface area contributed by atoms with Gasteiger partial charge in [0, 0.05) is 0 Å². The van der Waals surface area contributed by atoms with Crippen LogP contribution >= 0.6 is 0 Å². The Balaban J connectivity index is 2.85. The lowest BCUT2D eigenvalue weighted by Crippen LogP contribution is -2.16. The molecule has 1 rings (SSSR count). The van der Waals surface area contributed by atoms with E-state index in [0.29, 0.717) is 24.0 Å². The monoisotopic (exact) mass is 257 g/mol. The van der Waals surface area contributed by atoms with Crippen molar-refractivity contribution in [3.8, 4) is 5.75 Å². The fourth-order valence-corrected chi connectivity index (χ4v) is 1.82. The third-order valence-corrected chi connectivity index (χ3v) is 3.40. The molecule has 1 aromatic carbocycles. The summed E-state index contributed by atoms with van der Waals surface area (Å²) in [6.45, 7) is 6.24. The van der Waals surface area contributed by atoms with Crippen LogP contribution in [0.2, 0.25) is 0 Å². The molecule has 96 valence electrons. The number of rotatable bonds is 6. The SMILES string of the molecule is CCS(=O)(=O)Nc1ccccc1OCC(C)C. The van der Waals surface area contributed by atoms with E-state index in [0.717, 1.165) is 0 Å². The Hall–Kier alpha value is -1.23. The number of nitrogens with one attached hydrogen (secondary N) is 1. The second kappa shape index (κ2) is 5.91. The molecule has 0 aromatic heterocycles. The maximum Gasteiger partial charge on any atom is 0.232 e. The highest BCUT2D eigenvalue weighted by atomic mass is 32.2. The zero-order valence-corrected chi connectivity index (χ0v) is 11.3. The first-order chi connectivity index (χ1) is 7.94. The van der Waals surface area contributed by atoms with Gasteiger partial charge in [-0.2, -0.15) is 0 Å². The van der Waals surface area contributed by atoms with Gasteiger partial charge in [-0.3, -0.25) is 4.72 Å². The zero-order chi connectivity index (χ0) is 12.9. The molecule has 0 heterocycles. The number of sulfonamides is 1. The molecule has 0 bridgehead atoms. The Bertz CT molecular complexity index is 455. The normalized spacial score (nSPS) is 11.5. The molecule has 17 heavy (non-hydrogen) atoms. The van der Waals surface area contributed by atoms with E-state index >= 15 is 0 Å². The first kappa shape index (κ1) is 13.8. The number of benzene rings is 1. The zero-order valence-electron chi connectivity index (χ0n) is 10.4. The van der Waals surface area contributed by atoms with Crippen LogP contribution < -0.4 is 9.46 Å². The summed E-state index contributed by atoms with van der Waals surface area (Å²) in [6, 6.07) is 7.05. The molecule has 0 saturated heterocycles. The first-order valence-electron chi connectivity index (χ1n) is 5.67. The van der Waals surface area contributed by atoms with E-state index in [1.807, 2.05) is 19.9 Å². The highest BCUT2D eigenvalue weighted by molar-refractivity contribution is 7.92. The summed E-state index contributed by atoms with van der Waals surface area (Å²) in [7, 11) is -3.26. The fourth-order valence-electron chi connectivity index (χ4n) is 1.17. The molecule has 0 aliphatic heterocycles. The minimum atomic E-state index is -3.26. The number of hydrogen-bond acceptors (Lipinski definition) is 3. The third kappa shape index (κ3) is 4.65. The van der Waals surface area contributed by atoms with Gasteiger partial charge in [-0.15, -0.1) is 0 Å². The topological polar surface area (TPSA) is 55.4 Å². The van der Waals surface area contributed by atoms with Gasteiger partial charge in [0.2, 0.25) is 10.0 Å². The summed E-state index contributed by atoms with van der Waals surface area (Å²) in [6.07, 6.45) is 0. The van der Waals surface area contributed by atoms with E-state index in [1.165, 1.54) is 0 Å². The van der Waals surface area contributed by atoms with Crippen molar-refractivity contribution in [2.45, 2.75) is 20.8 Å². The van der Waals surface area contributed by atoms with E-state index in [4.69, 9.17) is 4.74 Å². The van der Waals surface area contributed by atoms with Crippen molar-refractivity contribution in [3.05, 3.63) is 24.3 Å². The van der Waals surface area contributed by atoms with Gasteiger partial charge in [0.25, 0.3) is 0 Å². The first-order valence-corrected chi connectivity index (χ1v) is 7.32. The Morgan fingerprint density at radius 2 is 1.94 bits per heavy atom. The summed E-state index contributed by atoms with van der Waals surface area (Å²) in [4.78, 5) is 0. The molecule has 0 aliphatic rings. The highest BCUT2D eigenvalue weighted by Crippen LogP contribution is 2.25. The van der Waals surface area contributed by atoms with Gasteiger partial charge in [-0.1, -0.05) is 26.0 Å². The molecule has 4 nitrogen and oxygen atoms in total. The smallest absolute Gasteiger partial charge is 0.232 e. The predicted molar refractivity (Wildman–Crippen MR) is 69.9 cm³/mol. The largest absolute Gasteiger partial charge is 0.491 e. The van der Waals surface area contributed by atoms with Crippen LogP contribution in [0, 0.1) is 5.92 Å². The molecule has 0 saturated carbocycles. The quantitative estimate of drug-likeness (QED) is 0.851. The lowest BCUT2D eigenvalue weighted by atomic mass is 10.2. The molecule has 1 aromatic rings. The molecule has 0 radical (unpaired) electrons. The van der Waals surface area contributed by atoms with E-state index < -0.39 is 10.0 Å². The van der Waals surface area contributed by atoms with Crippen LogP contribution in [0.5, 0.6) is 5.75 Å². The molecule has 0 amide bonds. The summed E-state index contributed by atoms with van der Waals surface area (Å²) in [5.41, 5.74) is 0.495. The summed E-state index contributed by atoms with van der Waals surface area (Å²) in [5, 5.41) is 0. The van der Waals surface area contributed by atoms with E-state index in [2.05, 4.69) is 4.72 Å². The molecule has 0 fully saturated rings. The lowest BCUT2D eigenvalue weighted by molar-refractivity contribution is 0.272. The summed E-state index contributed by atoms with van der Waals surface area (Å²) >= 11 is 0. The minimum absolute atomic E-state index is 0.0471. The molecule has 0 spiro atoms. The standard InChI is InChI=1S/C12H19NO3S/c1-4-17(14,15)13-11-7-5-6-8-12(11)16-9-10(2)3/h5-8,10,13H,4,9H2,1-3H3. The average Bonchev–Trinajstić information content (AvgIpc) is 2.27. The van der Waals surface area contributed by atoms with Gasteiger partial charge in [-0.05, 0) is 25.0 Å². The predicted octanol–water partition coefficient (Wildman–Crippen LogP) is 2.48. The van der Waals surface area contributed by atoms with Crippen LogP contribution in [0.1, 0.15) is 20.8 Å². The van der Waals surface area contributed by atoms with Gasteiger partial charge < -0.3 is 4.74 Å². The summed E-state index contributed by atoms with van der Waals surface area (Å²) in [5.74, 6) is 1.01. The average molecular weight is 257 g/mol. The van der Waals surface area contributed by atoms with Crippen LogP contribution in [0.15, 0.2) is 24.3 Å². The van der Waals surface area contributed by atoms with Crippen molar-refractivity contribution < 1.29 is 13.2 Å². The Labute approximate surface area is 103 Å². The Morgan fingerprint density at radius 1 is 1.29 bits per heavy atom. The fraction of sp³-hybridized carbons (Fsp3) is 0.500. The van der Waals surface area contributed by atoms with E-state index in [1.54, 1.807) is 25.1 Å². The van der Waals surface area contributed by atoms with E-state index in [9.17, 15) is 8.42 Å². The summed E-state index contributed by atoms with van der Waals surface area (Å²) < 4.78 is 31.1. The highest BCUT2D eigenvalue weighted by Gasteiger charge is 2.11. The van der Waals surface area contributed by atoms with Crippen LogP contribution in [0.25, 0.3) is 0 Å². The second-order valence-electron chi connectivity index (χ2n) is 4.21. The third-order valence-electron chi connectivity index (χ3n) is 2.10. The van der Waals surface area contributed by atoms with Crippen molar-refractivity contribution in [2.75, 3.05) is 17.1 Å². The Morgan fingerprint density at radius 3 is 2.53 bits per heavy atom. The van der Waals surface area contributed by atoms with Crippen LogP contribution in [-0.4, -0.2) is 20.8 Å². The van der Waals surface area contributed by atoms with Crippen LogP contribution in [0.3, 0.4) is 0 Å². The lowest BCUT2D eigenvalue weighted by Gasteiger charge is -2.14. The van der Waals surface area contributed by atoms with Gasteiger partial charge >= 0.3 is 0 Å². The van der Waals surface area contributed by atoms with Crippen molar-refractivity contribution in [2.24, 2.45) is 5.92 Å². The van der Waals surface area contributed by atoms with Gasteiger partial charge in [0.15, 0.2) is 0 Å². The van der Waals surface area contributed by atoms with Gasteiger partial charge in [0.1, 0.15) is 5.75 Å². The molecule has 1 N–H and O–H groups in total. The van der Waals surface area contributed by atoms with Crippen molar-refractivity contribution in [1.29, 1.82) is 0 Å². The number of para-hydroxylation sites is 2. The molecular formula is C12H19NO3S.